The molecule has 266 valence electrons. The second kappa shape index (κ2) is 15.9. The lowest BCUT2D eigenvalue weighted by atomic mass is 9.81. The summed E-state index contributed by atoms with van der Waals surface area (Å²) in [6.07, 6.45) is 4.08. The van der Waals surface area contributed by atoms with Gasteiger partial charge in [0.25, 0.3) is 0 Å². The van der Waals surface area contributed by atoms with Gasteiger partial charge in [-0.2, -0.15) is 0 Å². The maximum atomic E-state index is 13.0. The van der Waals surface area contributed by atoms with E-state index in [1.54, 1.807) is 0 Å². The molecule has 0 aromatic heterocycles. The summed E-state index contributed by atoms with van der Waals surface area (Å²) in [5.41, 5.74) is -0.846. The molecule has 0 heterocycles. The van der Waals surface area contributed by atoms with Gasteiger partial charge in [0.15, 0.2) is 8.32 Å². The lowest BCUT2D eigenvalue weighted by Gasteiger charge is -2.46. The summed E-state index contributed by atoms with van der Waals surface area (Å²) >= 11 is 0. The summed E-state index contributed by atoms with van der Waals surface area (Å²) in [4.78, 5) is 0. The Kier molecular flexibility index (Phi) is 11.8. The minimum absolute atomic E-state index is 0.279. The van der Waals surface area contributed by atoms with Crippen molar-refractivity contribution in [3.8, 4) is 0 Å². The van der Waals surface area contributed by atoms with Crippen molar-refractivity contribution < 1.29 is 33.6 Å². The molecule has 49 heavy (non-hydrogen) atoms. The van der Waals surface area contributed by atoms with E-state index in [1.807, 2.05) is 91.0 Å². The van der Waals surface area contributed by atoms with E-state index in [0.717, 1.165) is 61.8 Å². The molecule has 3 fully saturated rings. The van der Waals surface area contributed by atoms with Crippen molar-refractivity contribution in [1.29, 1.82) is 0 Å². The SMILES string of the molecule is C[Si](C)(C)OCCCCCOC1C(OCc2ccccc2)C(OCc2ccccc2)C(OCc2ccccc2)C2(O)C3(CCCCC3)C12O. The monoisotopic (exact) mass is 688 g/mol. The third-order valence-corrected chi connectivity index (χ3v) is 12.0. The molecule has 6 rings (SSSR count). The Morgan fingerprint density at radius 2 is 0.980 bits per heavy atom. The maximum absolute atomic E-state index is 13.0. The first kappa shape index (κ1) is 36.4. The molecule has 6 unspecified atom stereocenters. The lowest BCUT2D eigenvalue weighted by molar-refractivity contribution is -0.272. The predicted molar refractivity (Wildman–Crippen MR) is 193 cm³/mol. The highest BCUT2D eigenvalue weighted by atomic mass is 28.4. The second-order valence-corrected chi connectivity index (χ2v) is 19.7. The topological polar surface area (TPSA) is 86.6 Å². The van der Waals surface area contributed by atoms with Crippen LogP contribution in [0.25, 0.3) is 0 Å². The van der Waals surface area contributed by atoms with Gasteiger partial charge >= 0.3 is 0 Å². The zero-order valence-corrected chi connectivity index (χ0v) is 30.6. The van der Waals surface area contributed by atoms with Crippen LogP contribution in [0.3, 0.4) is 0 Å². The Bertz CT molecular complexity index is 1430. The van der Waals surface area contributed by atoms with Gasteiger partial charge in [-0.15, -0.1) is 0 Å². The standard InChI is InChI=1S/C41H56O7Si/c1-49(2,3)48-28-18-8-17-27-44-37-35(45-29-32-19-9-4-10-20-32)36(46-30-33-21-11-5-12-22-33)38(47-31-34-23-13-6-14-24-34)41(43)39(40(37,41)42)25-15-7-16-26-39/h4-6,9-14,19-24,35-38,42-43H,7-8,15-18,25-31H2,1-3H3. The number of hydrogen-bond donors (Lipinski definition) is 2. The average molecular weight is 689 g/mol. The summed E-state index contributed by atoms with van der Waals surface area (Å²) in [6, 6.07) is 30.1. The summed E-state index contributed by atoms with van der Waals surface area (Å²) < 4.78 is 33.2. The van der Waals surface area contributed by atoms with Crippen LogP contribution in [0.5, 0.6) is 0 Å². The minimum Gasteiger partial charge on any atom is -0.418 e. The van der Waals surface area contributed by atoms with Crippen molar-refractivity contribution in [3.63, 3.8) is 0 Å². The van der Waals surface area contributed by atoms with Gasteiger partial charge in [-0.3, -0.25) is 0 Å². The quantitative estimate of drug-likeness (QED) is 0.112. The van der Waals surface area contributed by atoms with Crippen LogP contribution >= 0.6 is 0 Å². The fourth-order valence-electron chi connectivity index (χ4n) is 8.48. The molecule has 0 amide bonds. The molecule has 3 saturated carbocycles. The van der Waals surface area contributed by atoms with Crippen molar-refractivity contribution in [1.82, 2.24) is 0 Å². The van der Waals surface area contributed by atoms with E-state index in [1.165, 1.54) is 0 Å². The molecule has 3 aromatic rings. The molecule has 2 N–H and O–H groups in total. The summed E-state index contributed by atoms with van der Waals surface area (Å²) in [5.74, 6) is 0. The largest absolute Gasteiger partial charge is 0.418 e. The molecule has 0 saturated heterocycles. The molecule has 0 aliphatic heterocycles. The number of ether oxygens (including phenoxy) is 4. The molecule has 3 aliphatic rings. The van der Waals surface area contributed by atoms with Crippen LogP contribution in [0.4, 0.5) is 0 Å². The minimum atomic E-state index is -1.56. The molecule has 3 aromatic carbocycles. The second-order valence-electron chi connectivity index (χ2n) is 15.2. The Labute approximate surface area is 294 Å². The Morgan fingerprint density at radius 3 is 1.45 bits per heavy atom. The first-order valence-corrected chi connectivity index (χ1v) is 21.8. The van der Waals surface area contributed by atoms with E-state index in [4.69, 9.17) is 23.4 Å². The molecule has 3 aliphatic carbocycles. The van der Waals surface area contributed by atoms with Crippen molar-refractivity contribution in [2.45, 2.75) is 126 Å². The van der Waals surface area contributed by atoms with Gasteiger partial charge in [0, 0.05) is 18.6 Å². The number of unbranched alkanes of at least 4 members (excludes halogenated alkanes) is 2. The van der Waals surface area contributed by atoms with Crippen LogP contribution in [-0.2, 0) is 43.2 Å². The number of benzene rings is 3. The summed E-state index contributed by atoms with van der Waals surface area (Å²) in [7, 11) is -1.55. The van der Waals surface area contributed by atoms with Crippen LogP contribution in [0.1, 0.15) is 68.1 Å². The van der Waals surface area contributed by atoms with Crippen LogP contribution < -0.4 is 0 Å². The average Bonchev–Trinajstić information content (AvgIpc) is 3.53. The highest BCUT2D eigenvalue weighted by Gasteiger charge is 2.95. The predicted octanol–water partition coefficient (Wildman–Crippen LogP) is 7.59. The van der Waals surface area contributed by atoms with Crippen LogP contribution in [0, 0.1) is 5.41 Å². The first-order valence-electron chi connectivity index (χ1n) is 18.4. The normalized spacial score (nSPS) is 29.1. The van der Waals surface area contributed by atoms with E-state index >= 15 is 0 Å². The van der Waals surface area contributed by atoms with Crippen LogP contribution in [0.15, 0.2) is 91.0 Å². The molecule has 7 nitrogen and oxygen atoms in total. The third kappa shape index (κ3) is 7.63. The van der Waals surface area contributed by atoms with Gasteiger partial charge in [0.05, 0.1) is 19.8 Å². The maximum Gasteiger partial charge on any atom is 0.183 e. The third-order valence-electron chi connectivity index (χ3n) is 10.9. The summed E-state index contributed by atoms with van der Waals surface area (Å²) in [6.45, 7) is 8.73. The van der Waals surface area contributed by atoms with E-state index in [9.17, 15) is 10.2 Å². The van der Waals surface area contributed by atoms with Gasteiger partial charge in [-0.1, -0.05) is 110 Å². The van der Waals surface area contributed by atoms with E-state index in [0.29, 0.717) is 32.7 Å². The number of hydrogen-bond acceptors (Lipinski definition) is 7. The highest BCUT2D eigenvalue weighted by Crippen LogP contribution is 2.77. The molecular formula is C41H56O7Si. The highest BCUT2D eigenvalue weighted by molar-refractivity contribution is 6.69. The molecule has 0 bridgehead atoms. The summed E-state index contributed by atoms with van der Waals surface area (Å²) in [5, 5.41) is 26.0. The fourth-order valence-corrected chi connectivity index (χ4v) is 9.24. The first-order chi connectivity index (χ1) is 23.7. The van der Waals surface area contributed by atoms with Crippen LogP contribution in [0.2, 0.25) is 19.6 Å². The van der Waals surface area contributed by atoms with Crippen molar-refractivity contribution in [2.24, 2.45) is 5.41 Å². The van der Waals surface area contributed by atoms with Gasteiger partial charge < -0.3 is 33.6 Å². The molecule has 6 atom stereocenters. The smallest absolute Gasteiger partial charge is 0.183 e. The fraction of sp³-hybridized carbons (Fsp3) is 0.561. The van der Waals surface area contributed by atoms with Gasteiger partial charge in [0.1, 0.15) is 35.6 Å². The van der Waals surface area contributed by atoms with Crippen molar-refractivity contribution >= 4 is 8.32 Å². The van der Waals surface area contributed by atoms with Gasteiger partial charge in [0.2, 0.25) is 0 Å². The van der Waals surface area contributed by atoms with E-state index < -0.39 is 49.4 Å². The lowest BCUT2D eigenvalue weighted by Crippen LogP contribution is -2.66. The van der Waals surface area contributed by atoms with Crippen molar-refractivity contribution in [3.05, 3.63) is 108 Å². The van der Waals surface area contributed by atoms with E-state index in [-0.39, 0.29) is 6.61 Å². The van der Waals surface area contributed by atoms with Crippen LogP contribution in [-0.4, -0.2) is 67.4 Å². The Balaban J connectivity index is 1.32. The van der Waals surface area contributed by atoms with E-state index in [2.05, 4.69) is 19.6 Å². The van der Waals surface area contributed by atoms with Gasteiger partial charge in [-0.05, 0) is 68.4 Å². The molecule has 1 spiro atoms. The number of aliphatic hydroxyl groups is 2. The van der Waals surface area contributed by atoms with Gasteiger partial charge in [-0.25, -0.2) is 0 Å². The zero-order chi connectivity index (χ0) is 34.4. The molecule has 8 heteroatoms. The number of fused-ring (bicyclic) bond motifs is 3. The Morgan fingerprint density at radius 1 is 0.551 bits per heavy atom. The molecule has 0 radical (unpaired) electrons. The zero-order valence-electron chi connectivity index (χ0n) is 29.6. The van der Waals surface area contributed by atoms with Crippen molar-refractivity contribution in [2.75, 3.05) is 13.2 Å². The Hall–Kier alpha value is -2.40. The number of rotatable bonds is 17. The molecular weight excluding hydrogens is 633 g/mol.